The summed E-state index contributed by atoms with van der Waals surface area (Å²) in [5.41, 5.74) is 1.80. The highest BCUT2D eigenvalue weighted by Crippen LogP contribution is 2.25. The minimum absolute atomic E-state index is 0.0972. The van der Waals surface area contributed by atoms with Gasteiger partial charge in [-0.3, -0.25) is 4.90 Å². The molecule has 2 aromatic rings. The Morgan fingerprint density at radius 2 is 2.00 bits per heavy atom. The van der Waals surface area contributed by atoms with E-state index in [1.165, 1.54) is 4.31 Å². The van der Waals surface area contributed by atoms with E-state index < -0.39 is 16.0 Å². The van der Waals surface area contributed by atoms with Crippen molar-refractivity contribution in [3.8, 4) is 0 Å². The van der Waals surface area contributed by atoms with E-state index in [4.69, 9.17) is 4.74 Å². The first-order valence-electron chi connectivity index (χ1n) is 9.78. The number of hydrogen-bond donors (Lipinski definition) is 2. The summed E-state index contributed by atoms with van der Waals surface area (Å²) in [5, 5.41) is 5.25. The highest BCUT2D eigenvalue weighted by atomic mass is 32.2. The molecule has 1 aromatic carbocycles. The van der Waals surface area contributed by atoms with E-state index in [0.29, 0.717) is 41.9 Å². The van der Waals surface area contributed by atoms with Gasteiger partial charge in [0.05, 0.1) is 30.5 Å². The van der Waals surface area contributed by atoms with Crippen LogP contribution in [0.4, 0.5) is 4.79 Å². The molecule has 13 heteroatoms. The van der Waals surface area contributed by atoms with E-state index in [1.807, 2.05) is 4.90 Å². The number of carbonyl (C=O) groups is 2. The highest BCUT2D eigenvalue weighted by molar-refractivity contribution is 7.89. The second kappa shape index (κ2) is 8.86. The van der Waals surface area contributed by atoms with Crippen LogP contribution in [0.15, 0.2) is 34.4 Å². The van der Waals surface area contributed by atoms with Crippen LogP contribution in [0.2, 0.25) is 0 Å². The smallest absolute Gasteiger partial charge is 0.337 e. The second-order valence-corrected chi connectivity index (χ2v) is 9.49. The SMILES string of the molecule is CCOC(=O)C1=C(CN2CCN(S(=O)(=O)c3cccc4nsnc34)CC2)NC(=O)NC1. The van der Waals surface area contributed by atoms with Gasteiger partial charge >= 0.3 is 12.0 Å². The fourth-order valence-corrected chi connectivity index (χ4v) is 5.74. The molecule has 31 heavy (non-hydrogen) atoms. The summed E-state index contributed by atoms with van der Waals surface area (Å²) in [4.78, 5) is 26.1. The Kier molecular flexibility index (Phi) is 6.18. The molecule has 2 aliphatic heterocycles. The van der Waals surface area contributed by atoms with Gasteiger partial charge < -0.3 is 15.4 Å². The van der Waals surface area contributed by atoms with E-state index in [0.717, 1.165) is 11.7 Å². The van der Waals surface area contributed by atoms with Gasteiger partial charge in [-0.15, -0.1) is 0 Å². The molecule has 11 nitrogen and oxygen atoms in total. The number of fused-ring (bicyclic) bond motifs is 1. The van der Waals surface area contributed by atoms with Crippen molar-refractivity contribution in [2.75, 3.05) is 45.9 Å². The lowest BCUT2D eigenvalue weighted by Gasteiger charge is -2.35. The van der Waals surface area contributed by atoms with Gasteiger partial charge in [0.25, 0.3) is 0 Å². The van der Waals surface area contributed by atoms with Crippen molar-refractivity contribution in [2.45, 2.75) is 11.8 Å². The van der Waals surface area contributed by atoms with Gasteiger partial charge in [0.2, 0.25) is 10.0 Å². The number of nitrogens with zero attached hydrogens (tertiary/aromatic N) is 4. The summed E-state index contributed by atoms with van der Waals surface area (Å²) in [5.74, 6) is -0.476. The molecule has 1 fully saturated rings. The number of esters is 1. The minimum atomic E-state index is -3.71. The van der Waals surface area contributed by atoms with Crippen molar-refractivity contribution in [2.24, 2.45) is 0 Å². The lowest BCUT2D eigenvalue weighted by molar-refractivity contribution is -0.138. The monoisotopic (exact) mass is 466 g/mol. The van der Waals surface area contributed by atoms with Gasteiger partial charge in [-0.2, -0.15) is 13.1 Å². The van der Waals surface area contributed by atoms with Crippen LogP contribution in [0.1, 0.15) is 6.92 Å². The molecular weight excluding hydrogens is 444 g/mol. The molecule has 1 aromatic heterocycles. The fourth-order valence-electron chi connectivity index (χ4n) is 3.56. The van der Waals surface area contributed by atoms with Crippen molar-refractivity contribution in [1.82, 2.24) is 28.6 Å². The fraction of sp³-hybridized carbons (Fsp3) is 0.444. The van der Waals surface area contributed by atoms with Crippen LogP contribution >= 0.6 is 11.7 Å². The van der Waals surface area contributed by atoms with Crippen LogP contribution in [-0.4, -0.2) is 84.2 Å². The average molecular weight is 467 g/mol. The molecule has 0 saturated carbocycles. The van der Waals surface area contributed by atoms with Crippen molar-refractivity contribution in [1.29, 1.82) is 0 Å². The maximum Gasteiger partial charge on any atom is 0.337 e. The molecule has 2 amide bonds. The Hall–Kier alpha value is -2.61. The predicted molar refractivity (Wildman–Crippen MR) is 113 cm³/mol. The molecule has 3 heterocycles. The first kappa shape index (κ1) is 21.6. The Morgan fingerprint density at radius 1 is 1.23 bits per heavy atom. The third-order valence-electron chi connectivity index (χ3n) is 5.16. The van der Waals surface area contributed by atoms with E-state index in [9.17, 15) is 18.0 Å². The largest absolute Gasteiger partial charge is 0.463 e. The Balaban J connectivity index is 1.46. The third kappa shape index (κ3) is 4.39. The maximum atomic E-state index is 13.2. The van der Waals surface area contributed by atoms with Crippen molar-refractivity contribution in [3.63, 3.8) is 0 Å². The molecule has 0 aliphatic carbocycles. The van der Waals surface area contributed by atoms with Gasteiger partial charge in [-0.05, 0) is 19.1 Å². The molecule has 1 saturated heterocycles. The Bertz CT molecular complexity index is 1140. The summed E-state index contributed by atoms with van der Waals surface area (Å²) < 4.78 is 41.1. The first-order chi connectivity index (χ1) is 14.9. The molecule has 0 unspecified atom stereocenters. The lowest BCUT2D eigenvalue weighted by Crippen LogP contribution is -2.52. The predicted octanol–water partition coefficient (Wildman–Crippen LogP) is 0.128. The zero-order valence-corrected chi connectivity index (χ0v) is 18.5. The van der Waals surface area contributed by atoms with Crippen LogP contribution in [0.25, 0.3) is 11.0 Å². The van der Waals surface area contributed by atoms with Crippen LogP contribution in [0, 0.1) is 0 Å². The van der Waals surface area contributed by atoms with Crippen LogP contribution in [0.3, 0.4) is 0 Å². The van der Waals surface area contributed by atoms with Gasteiger partial charge in [0, 0.05) is 38.4 Å². The number of nitrogens with one attached hydrogen (secondary N) is 2. The number of urea groups is 1. The molecule has 0 spiro atoms. The Labute approximate surface area is 183 Å². The lowest BCUT2D eigenvalue weighted by atomic mass is 10.1. The number of amides is 2. The summed E-state index contributed by atoms with van der Waals surface area (Å²) >= 11 is 0.982. The van der Waals surface area contributed by atoms with E-state index >= 15 is 0 Å². The quantitative estimate of drug-likeness (QED) is 0.574. The first-order valence-corrected chi connectivity index (χ1v) is 11.9. The number of piperazine rings is 1. The summed E-state index contributed by atoms with van der Waals surface area (Å²) in [6.45, 7) is 3.84. The molecular formula is C18H22N6O5S2. The van der Waals surface area contributed by atoms with Gasteiger partial charge in [-0.1, -0.05) is 6.07 Å². The van der Waals surface area contributed by atoms with Gasteiger partial charge in [0.15, 0.2) is 0 Å². The maximum absolute atomic E-state index is 13.2. The molecule has 2 N–H and O–H groups in total. The highest BCUT2D eigenvalue weighted by Gasteiger charge is 2.32. The van der Waals surface area contributed by atoms with E-state index in [1.54, 1.807) is 25.1 Å². The number of aromatic nitrogens is 2. The number of ether oxygens (including phenoxy) is 1. The van der Waals surface area contributed by atoms with Crippen molar-refractivity contribution < 1.29 is 22.7 Å². The van der Waals surface area contributed by atoms with Crippen molar-refractivity contribution >= 4 is 44.8 Å². The normalized spacial score (nSPS) is 18.7. The number of carbonyl (C=O) groups excluding carboxylic acids is 2. The summed E-state index contributed by atoms with van der Waals surface area (Å²) in [7, 11) is -3.71. The minimum Gasteiger partial charge on any atom is -0.463 e. The number of sulfonamides is 1. The van der Waals surface area contributed by atoms with E-state index in [-0.39, 0.29) is 37.2 Å². The number of hydrogen-bond acceptors (Lipinski definition) is 9. The second-order valence-electron chi connectivity index (χ2n) is 7.05. The summed E-state index contributed by atoms with van der Waals surface area (Å²) in [6.07, 6.45) is 0. The van der Waals surface area contributed by atoms with E-state index in [2.05, 4.69) is 19.4 Å². The topological polar surface area (TPSA) is 134 Å². The zero-order chi connectivity index (χ0) is 22.0. The van der Waals surface area contributed by atoms with Gasteiger partial charge in [0.1, 0.15) is 15.9 Å². The summed E-state index contributed by atoms with van der Waals surface area (Å²) in [6, 6.07) is 4.56. The number of rotatable bonds is 6. The van der Waals surface area contributed by atoms with Crippen molar-refractivity contribution in [3.05, 3.63) is 29.5 Å². The average Bonchev–Trinajstić information content (AvgIpc) is 3.23. The van der Waals surface area contributed by atoms with Crippen LogP contribution in [-0.2, 0) is 19.6 Å². The Morgan fingerprint density at radius 3 is 2.74 bits per heavy atom. The molecule has 2 aliphatic rings. The molecule has 0 bridgehead atoms. The third-order valence-corrected chi connectivity index (χ3v) is 7.63. The van der Waals surface area contributed by atoms with Crippen LogP contribution < -0.4 is 10.6 Å². The van der Waals surface area contributed by atoms with Crippen LogP contribution in [0.5, 0.6) is 0 Å². The van der Waals surface area contributed by atoms with Gasteiger partial charge in [-0.25, -0.2) is 18.0 Å². The standard InChI is InChI=1S/C18H22N6O5S2/c1-2-29-17(25)12-10-19-18(26)20-14(12)11-23-6-8-24(9-7-23)31(27,28)15-5-3-4-13-16(15)22-30-21-13/h3-5H,2,6-11H2,1H3,(H2,19,20,26). The zero-order valence-electron chi connectivity index (χ0n) is 16.8. The number of benzene rings is 1. The molecule has 0 atom stereocenters. The molecule has 166 valence electrons. The molecule has 4 rings (SSSR count). The molecule has 0 radical (unpaired) electrons.